The molecule has 0 saturated carbocycles. The van der Waals surface area contributed by atoms with E-state index in [1.807, 2.05) is 30.5 Å². The van der Waals surface area contributed by atoms with Crippen LogP contribution in [0.4, 0.5) is 34.1 Å². The Morgan fingerprint density at radius 1 is 0.358 bits per heavy atom. The Bertz CT molecular complexity index is 3960. The summed E-state index contributed by atoms with van der Waals surface area (Å²) in [6.45, 7) is 0. The fraction of sp³-hybridized carbons (Fsp3) is 0. The molecule has 0 fully saturated rings. The molecule has 14 rings (SSSR count). The van der Waals surface area contributed by atoms with Crippen LogP contribution in [0.25, 0.3) is 77.0 Å². The van der Waals surface area contributed by atoms with Crippen LogP contribution in [-0.4, -0.2) is 4.98 Å². The van der Waals surface area contributed by atoms with Crippen LogP contribution in [0.5, 0.6) is 23.0 Å². The van der Waals surface area contributed by atoms with Crippen molar-refractivity contribution < 1.29 is 13.9 Å². The number of para-hydroxylation sites is 4. The summed E-state index contributed by atoms with van der Waals surface area (Å²) in [7, 11) is 0. The van der Waals surface area contributed by atoms with Gasteiger partial charge in [-0.2, -0.15) is 0 Å². The van der Waals surface area contributed by atoms with Gasteiger partial charge in [-0.3, -0.25) is 4.98 Å². The van der Waals surface area contributed by atoms with E-state index in [1.54, 1.807) is 0 Å². The molecule has 0 aliphatic carbocycles. The van der Waals surface area contributed by atoms with Gasteiger partial charge in [-0.1, -0.05) is 109 Å². The first-order valence-electron chi connectivity index (χ1n) is 22.5. The highest BCUT2D eigenvalue weighted by Crippen LogP contribution is 2.57. The summed E-state index contributed by atoms with van der Waals surface area (Å²) in [5.41, 5.74) is 15.0. The summed E-state index contributed by atoms with van der Waals surface area (Å²) < 4.78 is 20.6. The van der Waals surface area contributed by atoms with Crippen molar-refractivity contribution >= 4 is 77.7 Å². The Morgan fingerprint density at radius 2 is 0.955 bits per heavy atom. The van der Waals surface area contributed by atoms with Gasteiger partial charge in [-0.05, 0) is 114 Å². The van der Waals surface area contributed by atoms with Gasteiger partial charge in [0, 0.05) is 79.0 Å². The number of nitrogens with zero attached hydrogens (tertiary/aromatic N) is 3. The average molecular weight is 860 g/mol. The van der Waals surface area contributed by atoms with Crippen molar-refractivity contribution in [2.45, 2.75) is 0 Å². The van der Waals surface area contributed by atoms with Crippen molar-refractivity contribution in [3.05, 3.63) is 225 Å². The highest BCUT2D eigenvalue weighted by Gasteiger charge is 2.30. The summed E-state index contributed by atoms with van der Waals surface area (Å²) in [4.78, 5) is 9.23. The van der Waals surface area contributed by atoms with E-state index in [1.165, 1.54) is 0 Å². The van der Waals surface area contributed by atoms with Crippen LogP contribution in [0, 0.1) is 0 Å². The number of furan rings is 1. The summed E-state index contributed by atoms with van der Waals surface area (Å²) in [6.07, 6.45) is 1.84. The number of hydrogen-bond acceptors (Lipinski definition) is 6. The van der Waals surface area contributed by atoms with Gasteiger partial charge in [0.25, 0.3) is 0 Å². The van der Waals surface area contributed by atoms with Gasteiger partial charge >= 0.3 is 0 Å². The maximum atomic E-state index is 6.99. The number of anilines is 6. The first kappa shape index (κ1) is 37.3. The lowest BCUT2D eigenvalue weighted by molar-refractivity contribution is 0.480. The number of fused-ring (bicyclic) bond motifs is 8. The van der Waals surface area contributed by atoms with Crippen molar-refractivity contribution in [3.8, 4) is 56.4 Å². The summed E-state index contributed by atoms with van der Waals surface area (Å²) in [6, 6.07) is 76.3. The monoisotopic (exact) mass is 859 g/mol. The lowest BCUT2D eigenvalue weighted by Crippen LogP contribution is -2.12. The molecule has 0 amide bonds. The first-order chi connectivity index (χ1) is 33.2. The largest absolute Gasteiger partial charge is 0.456 e. The molecule has 10 aromatic carbocycles. The first-order valence-corrected chi connectivity index (χ1v) is 22.5. The van der Waals surface area contributed by atoms with Crippen molar-refractivity contribution in [3.63, 3.8) is 0 Å². The van der Waals surface area contributed by atoms with Crippen molar-refractivity contribution in [2.24, 2.45) is 0 Å². The van der Waals surface area contributed by atoms with E-state index < -0.39 is 0 Å². The average Bonchev–Trinajstić information content (AvgIpc) is 3.78. The minimum atomic E-state index is 0.777. The third kappa shape index (κ3) is 5.86. The quantitative estimate of drug-likeness (QED) is 0.159. The van der Waals surface area contributed by atoms with Crippen LogP contribution in [-0.2, 0) is 0 Å². The standard InChI is InChI=1S/C61H37N3O3/c1-3-13-38(14-4-1)44-18-7-9-21-52(44)64(53-22-11-20-50-45-19-8-10-23-54(45)67-61(50)53)43-27-29-47-49-31-32-55-59-48(30-33-56(60(49)59)66-58(47)37-43)46-28-26-42(36-57(46)65-55)63(40-16-5-2-6-17-40)41-25-24-39-15-12-34-62-51(39)35-41/h1-37H. The molecule has 6 heteroatoms. The fourth-order valence-corrected chi connectivity index (χ4v) is 10.3. The lowest BCUT2D eigenvalue weighted by atomic mass is 9.88. The van der Waals surface area contributed by atoms with E-state index in [9.17, 15) is 0 Å². The SMILES string of the molecule is c1ccc(-c2ccccc2N(c2ccc3c(c2)Oc2ccc4c5c(ccc-3c25)Oc2cc(N(c3ccccc3)c3ccc5cccnc5c3)ccc2-4)c2cccc3c2oc2ccccc23)cc1. The van der Waals surface area contributed by atoms with Crippen LogP contribution >= 0.6 is 0 Å². The van der Waals surface area contributed by atoms with Gasteiger partial charge < -0.3 is 23.7 Å². The molecule has 2 aliphatic heterocycles. The molecule has 0 spiro atoms. The molecule has 6 nitrogen and oxygen atoms in total. The highest BCUT2D eigenvalue weighted by atomic mass is 16.5. The number of benzene rings is 10. The summed E-state index contributed by atoms with van der Waals surface area (Å²) in [5.74, 6) is 3.16. The number of hydrogen-bond donors (Lipinski definition) is 0. The predicted octanol–water partition coefficient (Wildman–Crippen LogP) is 17.4. The summed E-state index contributed by atoms with van der Waals surface area (Å²) in [5, 5.41) is 5.33. The van der Waals surface area contributed by atoms with E-state index in [-0.39, 0.29) is 0 Å². The van der Waals surface area contributed by atoms with E-state index >= 15 is 0 Å². The molecule has 0 radical (unpaired) electrons. The maximum absolute atomic E-state index is 6.99. The predicted molar refractivity (Wildman–Crippen MR) is 272 cm³/mol. The molecule has 12 aromatic rings. The number of rotatable bonds is 7. The Balaban J connectivity index is 0.890. The van der Waals surface area contributed by atoms with Gasteiger partial charge in [-0.25, -0.2) is 0 Å². The zero-order valence-corrected chi connectivity index (χ0v) is 35.9. The third-order valence-electron chi connectivity index (χ3n) is 13.3. The molecule has 0 N–H and O–H groups in total. The number of aromatic nitrogens is 1. The molecule has 4 heterocycles. The Morgan fingerprint density at radius 3 is 1.72 bits per heavy atom. The van der Waals surface area contributed by atoms with Crippen molar-refractivity contribution in [1.29, 1.82) is 0 Å². The molecule has 2 aromatic heterocycles. The van der Waals surface area contributed by atoms with Crippen LogP contribution in [0.15, 0.2) is 229 Å². The second kappa shape index (κ2) is 14.7. The molecule has 314 valence electrons. The van der Waals surface area contributed by atoms with Crippen LogP contribution in [0.1, 0.15) is 0 Å². The lowest BCUT2D eigenvalue weighted by Gasteiger charge is -2.31. The molecule has 2 aliphatic rings. The summed E-state index contributed by atoms with van der Waals surface area (Å²) >= 11 is 0. The normalized spacial score (nSPS) is 12.1. The minimum absolute atomic E-state index is 0.777. The number of ether oxygens (including phenoxy) is 2. The molecule has 0 unspecified atom stereocenters. The third-order valence-corrected chi connectivity index (χ3v) is 13.3. The van der Waals surface area contributed by atoms with Gasteiger partial charge in [0.05, 0.1) is 22.6 Å². The Labute approximate surface area is 385 Å². The van der Waals surface area contributed by atoms with Crippen molar-refractivity contribution in [1.82, 2.24) is 4.98 Å². The molecule has 67 heavy (non-hydrogen) atoms. The Hall–Kier alpha value is -9.13. The Kier molecular flexibility index (Phi) is 8.18. The molecular weight excluding hydrogens is 823 g/mol. The van der Waals surface area contributed by atoms with Crippen molar-refractivity contribution in [2.75, 3.05) is 9.80 Å². The fourth-order valence-electron chi connectivity index (χ4n) is 10.3. The highest BCUT2D eigenvalue weighted by molar-refractivity contribution is 6.15. The maximum Gasteiger partial charge on any atom is 0.159 e. The van der Waals surface area contributed by atoms with Crippen LogP contribution < -0.4 is 19.3 Å². The zero-order valence-electron chi connectivity index (χ0n) is 35.9. The van der Waals surface area contributed by atoms with Gasteiger partial charge in [-0.15, -0.1) is 0 Å². The van der Waals surface area contributed by atoms with E-state index in [4.69, 9.17) is 13.9 Å². The van der Waals surface area contributed by atoms with Gasteiger partial charge in [0.2, 0.25) is 0 Å². The van der Waals surface area contributed by atoms with E-state index in [0.29, 0.717) is 0 Å². The molecule has 0 saturated heterocycles. The van der Waals surface area contributed by atoms with E-state index in [0.717, 1.165) is 134 Å². The van der Waals surface area contributed by atoms with Crippen LogP contribution in [0.3, 0.4) is 0 Å². The minimum Gasteiger partial charge on any atom is -0.456 e. The second-order valence-electron chi connectivity index (χ2n) is 17.1. The van der Waals surface area contributed by atoms with Gasteiger partial charge in [0.15, 0.2) is 5.58 Å². The van der Waals surface area contributed by atoms with Gasteiger partial charge in [0.1, 0.15) is 28.6 Å². The molecule has 0 bridgehead atoms. The number of pyridine rings is 1. The molecule has 0 atom stereocenters. The zero-order chi connectivity index (χ0) is 44.0. The van der Waals surface area contributed by atoms with E-state index in [2.05, 4.69) is 209 Å². The second-order valence-corrected chi connectivity index (χ2v) is 17.1. The topological polar surface area (TPSA) is 51.0 Å². The molecular formula is C61H37N3O3. The van der Waals surface area contributed by atoms with Crippen LogP contribution in [0.2, 0.25) is 0 Å². The smallest absolute Gasteiger partial charge is 0.159 e.